The van der Waals surface area contributed by atoms with Crippen molar-refractivity contribution in [3.05, 3.63) is 0 Å². The minimum absolute atomic E-state index is 0.347. The maximum absolute atomic E-state index is 6.54. The zero-order valence-corrected chi connectivity index (χ0v) is 16.4. The van der Waals surface area contributed by atoms with E-state index in [1.165, 1.54) is 12.8 Å². The van der Waals surface area contributed by atoms with Crippen molar-refractivity contribution in [1.82, 2.24) is 0 Å². The van der Waals surface area contributed by atoms with Crippen LogP contribution >= 0.6 is 0 Å². The number of rotatable bonds is 10. The number of hydrogen-bond donors (Lipinski definition) is 0. The van der Waals surface area contributed by atoms with Crippen molar-refractivity contribution in [1.29, 1.82) is 0 Å². The lowest BCUT2D eigenvalue weighted by atomic mass is 9.78. The van der Waals surface area contributed by atoms with Crippen LogP contribution in [0.1, 0.15) is 82.1 Å². The van der Waals surface area contributed by atoms with Gasteiger partial charge in [-0.1, -0.05) is 68.2 Å². The fourth-order valence-electron chi connectivity index (χ4n) is 4.39. The van der Waals surface area contributed by atoms with Gasteiger partial charge >= 0.3 is 0 Å². The Morgan fingerprint density at radius 2 is 0.857 bits per heavy atom. The highest BCUT2D eigenvalue weighted by molar-refractivity contribution is 4.79. The second-order valence-electron chi connectivity index (χ2n) is 7.96. The summed E-state index contributed by atoms with van der Waals surface area (Å²) in [4.78, 5) is 0. The van der Waals surface area contributed by atoms with Crippen LogP contribution in [-0.2, 0) is 4.74 Å². The topological polar surface area (TPSA) is 9.23 Å². The first kappa shape index (κ1) is 21.0. The lowest BCUT2D eigenvalue weighted by molar-refractivity contribution is -0.0894. The monoisotopic (exact) mass is 298 g/mol. The Morgan fingerprint density at radius 1 is 0.571 bits per heavy atom. The third kappa shape index (κ3) is 6.30. The van der Waals surface area contributed by atoms with Gasteiger partial charge < -0.3 is 4.74 Å². The Labute approximate surface area is 135 Å². The maximum atomic E-state index is 6.54. The second-order valence-corrected chi connectivity index (χ2v) is 7.96. The lowest BCUT2D eigenvalue weighted by Gasteiger charge is -2.38. The third-order valence-corrected chi connectivity index (χ3v) is 5.66. The van der Waals surface area contributed by atoms with E-state index in [9.17, 15) is 0 Å². The highest BCUT2D eigenvalue weighted by atomic mass is 16.5. The SMILES string of the molecule is CCC(C)C(C(C)C)C(C)OC(C)C(C(C)C)C(C)CC. The van der Waals surface area contributed by atoms with E-state index >= 15 is 0 Å². The van der Waals surface area contributed by atoms with Gasteiger partial charge in [0.25, 0.3) is 0 Å². The molecule has 0 aromatic rings. The van der Waals surface area contributed by atoms with Gasteiger partial charge in [-0.2, -0.15) is 0 Å². The van der Waals surface area contributed by atoms with Crippen molar-refractivity contribution in [2.45, 2.75) is 94.3 Å². The quantitative estimate of drug-likeness (QED) is 0.452. The minimum atomic E-state index is 0.347. The summed E-state index contributed by atoms with van der Waals surface area (Å²) in [5.41, 5.74) is 0. The van der Waals surface area contributed by atoms with Gasteiger partial charge in [-0.05, 0) is 49.4 Å². The van der Waals surface area contributed by atoms with Crippen LogP contribution in [0.15, 0.2) is 0 Å². The molecule has 0 bridgehead atoms. The first-order valence-corrected chi connectivity index (χ1v) is 9.32. The molecule has 0 saturated carbocycles. The molecular formula is C20H42O. The molecule has 0 fully saturated rings. The molecule has 1 nitrogen and oxygen atoms in total. The van der Waals surface area contributed by atoms with E-state index in [1.807, 2.05) is 0 Å². The second kappa shape index (κ2) is 9.87. The van der Waals surface area contributed by atoms with Crippen LogP contribution in [0.25, 0.3) is 0 Å². The van der Waals surface area contributed by atoms with Crippen molar-refractivity contribution >= 4 is 0 Å². The minimum Gasteiger partial charge on any atom is -0.375 e. The molecule has 1 heteroatoms. The molecule has 0 spiro atoms. The van der Waals surface area contributed by atoms with Gasteiger partial charge in [0.1, 0.15) is 0 Å². The highest BCUT2D eigenvalue weighted by Crippen LogP contribution is 2.33. The van der Waals surface area contributed by atoms with Crippen LogP contribution in [0.3, 0.4) is 0 Å². The van der Waals surface area contributed by atoms with Gasteiger partial charge in [-0.15, -0.1) is 0 Å². The molecule has 0 aromatic carbocycles. The van der Waals surface area contributed by atoms with Crippen molar-refractivity contribution in [2.75, 3.05) is 0 Å². The van der Waals surface area contributed by atoms with Crippen molar-refractivity contribution in [2.24, 2.45) is 35.5 Å². The molecule has 0 aliphatic rings. The predicted molar refractivity (Wildman–Crippen MR) is 95.6 cm³/mol. The summed E-state index contributed by atoms with van der Waals surface area (Å²) in [7, 11) is 0. The lowest BCUT2D eigenvalue weighted by Crippen LogP contribution is -2.38. The Balaban J connectivity index is 4.89. The van der Waals surface area contributed by atoms with Gasteiger partial charge in [0.15, 0.2) is 0 Å². The summed E-state index contributed by atoms with van der Waals surface area (Å²) >= 11 is 0. The summed E-state index contributed by atoms with van der Waals surface area (Å²) in [5.74, 6) is 4.14. The van der Waals surface area contributed by atoms with E-state index in [4.69, 9.17) is 4.74 Å². The maximum Gasteiger partial charge on any atom is 0.0583 e. The molecule has 128 valence electrons. The van der Waals surface area contributed by atoms with Crippen LogP contribution in [-0.4, -0.2) is 12.2 Å². The fraction of sp³-hybridized carbons (Fsp3) is 1.00. The number of hydrogen-bond acceptors (Lipinski definition) is 1. The summed E-state index contributed by atoms with van der Waals surface area (Å²) in [6.07, 6.45) is 3.17. The van der Waals surface area contributed by atoms with Gasteiger partial charge in [0.05, 0.1) is 12.2 Å². The average molecular weight is 299 g/mol. The van der Waals surface area contributed by atoms with Crippen LogP contribution < -0.4 is 0 Å². The van der Waals surface area contributed by atoms with E-state index < -0.39 is 0 Å². The van der Waals surface area contributed by atoms with Crippen LogP contribution in [0, 0.1) is 35.5 Å². The average Bonchev–Trinajstić information content (AvgIpc) is 2.37. The Kier molecular flexibility index (Phi) is 9.85. The largest absolute Gasteiger partial charge is 0.375 e. The molecule has 6 unspecified atom stereocenters. The summed E-state index contributed by atoms with van der Waals surface area (Å²) in [6.45, 7) is 23.3. The first-order chi connectivity index (χ1) is 9.67. The third-order valence-electron chi connectivity index (χ3n) is 5.66. The molecule has 0 N–H and O–H groups in total. The van der Waals surface area contributed by atoms with E-state index in [0.29, 0.717) is 35.9 Å². The predicted octanol–water partition coefficient (Wildman–Crippen LogP) is 6.42. The van der Waals surface area contributed by atoms with Crippen molar-refractivity contribution in [3.8, 4) is 0 Å². The van der Waals surface area contributed by atoms with Gasteiger partial charge in [0, 0.05) is 0 Å². The molecule has 0 rings (SSSR count). The van der Waals surface area contributed by atoms with E-state index in [2.05, 4.69) is 69.2 Å². The van der Waals surface area contributed by atoms with Crippen molar-refractivity contribution < 1.29 is 4.74 Å². The molecule has 0 aliphatic heterocycles. The summed E-state index contributed by atoms with van der Waals surface area (Å²) in [5, 5.41) is 0. The highest BCUT2D eigenvalue weighted by Gasteiger charge is 2.32. The van der Waals surface area contributed by atoms with E-state index in [-0.39, 0.29) is 0 Å². The molecule has 0 heterocycles. The van der Waals surface area contributed by atoms with Gasteiger partial charge in [-0.25, -0.2) is 0 Å². The molecule has 0 saturated heterocycles. The molecular weight excluding hydrogens is 256 g/mol. The van der Waals surface area contributed by atoms with Crippen LogP contribution in [0.4, 0.5) is 0 Å². The Bertz CT molecular complexity index is 233. The fourth-order valence-corrected chi connectivity index (χ4v) is 4.39. The molecule has 0 aliphatic carbocycles. The van der Waals surface area contributed by atoms with Crippen molar-refractivity contribution in [3.63, 3.8) is 0 Å². The molecule has 0 radical (unpaired) electrons. The Morgan fingerprint density at radius 3 is 1.05 bits per heavy atom. The van der Waals surface area contributed by atoms with Gasteiger partial charge in [-0.3, -0.25) is 0 Å². The molecule has 0 amide bonds. The Hall–Kier alpha value is -0.0400. The van der Waals surface area contributed by atoms with Crippen LogP contribution in [0.5, 0.6) is 0 Å². The zero-order chi connectivity index (χ0) is 16.7. The van der Waals surface area contributed by atoms with E-state index in [1.54, 1.807) is 0 Å². The molecule has 21 heavy (non-hydrogen) atoms. The zero-order valence-electron chi connectivity index (χ0n) is 16.4. The summed E-state index contributed by atoms with van der Waals surface area (Å²) in [6, 6.07) is 0. The van der Waals surface area contributed by atoms with Gasteiger partial charge in [0.2, 0.25) is 0 Å². The molecule has 6 atom stereocenters. The number of ether oxygens (including phenoxy) is 1. The summed E-state index contributed by atoms with van der Waals surface area (Å²) < 4.78 is 6.54. The normalized spacial score (nSPS) is 21.1. The smallest absolute Gasteiger partial charge is 0.0583 e. The standard InChI is InChI=1S/C20H42O/c1-11-15(7)19(13(3)4)17(9)21-18(10)20(14(5)6)16(8)12-2/h13-20H,11-12H2,1-10H3. The first-order valence-electron chi connectivity index (χ1n) is 9.32. The van der Waals surface area contributed by atoms with E-state index in [0.717, 1.165) is 11.8 Å². The van der Waals surface area contributed by atoms with Crippen LogP contribution in [0.2, 0.25) is 0 Å². The molecule has 0 aromatic heterocycles.